The molecule has 0 saturated heterocycles. The number of nitrogens with zero attached hydrogens (tertiary/aromatic N) is 2. The Morgan fingerprint density at radius 1 is 1.07 bits per heavy atom. The molecule has 0 N–H and O–H groups in total. The van der Waals surface area contributed by atoms with Crippen LogP contribution in [0.5, 0.6) is 0 Å². The van der Waals surface area contributed by atoms with E-state index in [9.17, 15) is 4.79 Å². The van der Waals surface area contributed by atoms with Gasteiger partial charge in [0, 0.05) is 10.6 Å². The summed E-state index contributed by atoms with van der Waals surface area (Å²) in [5.41, 5.74) is 3.82. The van der Waals surface area contributed by atoms with Gasteiger partial charge < -0.3 is 4.57 Å². The Balaban J connectivity index is 1.69. The molecule has 0 aliphatic heterocycles. The molecule has 3 aromatic rings. The molecule has 1 aromatic carbocycles. The van der Waals surface area contributed by atoms with E-state index in [2.05, 4.69) is 46.8 Å². The van der Waals surface area contributed by atoms with Crippen molar-refractivity contribution in [2.45, 2.75) is 76.4 Å². The fourth-order valence-corrected chi connectivity index (χ4v) is 6.43. The number of thiophene rings is 1. The molecule has 2 aromatic heterocycles. The second-order valence-electron chi connectivity index (χ2n) is 7.92. The maximum absolute atomic E-state index is 12.9. The maximum Gasteiger partial charge on any atom is 0.291 e. The Bertz CT molecular complexity index is 1010. The highest BCUT2D eigenvalue weighted by atomic mass is 32.2. The smallest absolute Gasteiger partial charge is 0.291 e. The predicted octanol–water partition coefficient (Wildman–Crippen LogP) is 6.45. The lowest BCUT2D eigenvalue weighted by molar-refractivity contribution is 0.655. The molecular formula is C24H30N2OS2. The van der Waals surface area contributed by atoms with Crippen LogP contribution >= 0.6 is 23.1 Å². The van der Waals surface area contributed by atoms with E-state index in [1.807, 2.05) is 0 Å². The van der Waals surface area contributed by atoms with Crippen LogP contribution in [0.3, 0.4) is 0 Å². The zero-order chi connectivity index (χ0) is 20.1. The van der Waals surface area contributed by atoms with Gasteiger partial charge in [-0.25, -0.2) is 0 Å². The topological polar surface area (TPSA) is 34.9 Å². The van der Waals surface area contributed by atoms with Crippen LogP contribution in [-0.4, -0.2) is 15.3 Å². The van der Waals surface area contributed by atoms with Crippen molar-refractivity contribution in [3.8, 4) is 0 Å². The number of aromatic nitrogens is 2. The number of hydrogen-bond acceptors (Lipinski definition) is 4. The van der Waals surface area contributed by atoms with Gasteiger partial charge >= 0.3 is 0 Å². The molecule has 0 radical (unpaired) electrons. The molecule has 0 amide bonds. The van der Waals surface area contributed by atoms with Crippen molar-refractivity contribution in [3.63, 3.8) is 0 Å². The van der Waals surface area contributed by atoms with Gasteiger partial charge in [-0.05, 0) is 43.2 Å². The molecule has 0 bridgehead atoms. The summed E-state index contributed by atoms with van der Waals surface area (Å²) in [7, 11) is 0. The molecule has 2 heterocycles. The van der Waals surface area contributed by atoms with Gasteiger partial charge in [-0.3, -0.25) is 4.79 Å². The van der Waals surface area contributed by atoms with Gasteiger partial charge in [0.25, 0.3) is 5.56 Å². The highest BCUT2D eigenvalue weighted by Gasteiger charge is 2.22. The molecule has 0 unspecified atom stereocenters. The average molecular weight is 427 g/mol. The van der Waals surface area contributed by atoms with Crippen LogP contribution in [0.25, 0.3) is 10.2 Å². The molecule has 29 heavy (non-hydrogen) atoms. The Morgan fingerprint density at radius 3 is 2.69 bits per heavy atom. The third-order valence-electron chi connectivity index (χ3n) is 5.70. The van der Waals surface area contributed by atoms with Crippen LogP contribution in [0.2, 0.25) is 0 Å². The monoisotopic (exact) mass is 426 g/mol. The summed E-state index contributed by atoms with van der Waals surface area (Å²) in [5, 5.41) is 0.896. The maximum atomic E-state index is 12.9. The van der Waals surface area contributed by atoms with Crippen molar-refractivity contribution in [1.82, 2.24) is 9.55 Å². The van der Waals surface area contributed by atoms with Crippen LogP contribution in [-0.2, 0) is 19.4 Å². The Morgan fingerprint density at radius 2 is 1.86 bits per heavy atom. The van der Waals surface area contributed by atoms with Crippen molar-refractivity contribution >= 4 is 33.3 Å². The van der Waals surface area contributed by atoms with Gasteiger partial charge in [-0.1, -0.05) is 74.7 Å². The van der Waals surface area contributed by atoms with Crippen LogP contribution in [0, 0.1) is 0 Å². The van der Waals surface area contributed by atoms with Gasteiger partial charge in [-0.2, -0.15) is 4.98 Å². The SMILES string of the molecule is CCCCCCCSc1nc(=O)c2sc3c(c2n1Cc1ccccc1)CCCC3. The summed E-state index contributed by atoms with van der Waals surface area (Å²) in [4.78, 5) is 18.8. The van der Waals surface area contributed by atoms with Gasteiger partial charge in [0.05, 0.1) is 12.1 Å². The fraction of sp³-hybridized carbons (Fsp3) is 0.500. The van der Waals surface area contributed by atoms with E-state index in [-0.39, 0.29) is 5.56 Å². The first kappa shape index (κ1) is 20.7. The first-order chi connectivity index (χ1) is 14.3. The van der Waals surface area contributed by atoms with Crippen molar-refractivity contribution in [2.24, 2.45) is 0 Å². The molecule has 5 heteroatoms. The highest BCUT2D eigenvalue weighted by molar-refractivity contribution is 7.99. The number of hydrogen-bond donors (Lipinski definition) is 0. The second-order valence-corrected chi connectivity index (χ2v) is 10.1. The lowest BCUT2D eigenvalue weighted by Gasteiger charge is -2.17. The van der Waals surface area contributed by atoms with Crippen LogP contribution in [0.1, 0.15) is 67.9 Å². The quantitative estimate of drug-likeness (QED) is 0.224. The van der Waals surface area contributed by atoms with Crippen molar-refractivity contribution in [2.75, 3.05) is 5.75 Å². The van der Waals surface area contributed by atoms with Crippen molar-refractivity contribution in [1.29, 1.82) is 0 Å². The van der Waals surface area contributed by atoms with E-state index in [1.54, 1.807) is 23.1 Å². The minimum Gasteiger partial charge on any atom is -0.315 e. The summed E-state index contributed by atoms with van der Waals surface area (Å²) in [6.07, 6.45) is 11.0. The van der Waals surface area contributed by atoms with E-state index in [4.69, 9.17) is 0 Å². The van der Waals surface area contributed by atoms with Crippen molar-refractivity contribution < 1.29 is 0 Å². The third kappa shape index (κ3) is 4.77. The number of benzene rings is 1. The highest BCUT2D eigenvalue weighted by Crippen LogP contribution is 2.36. The van der Waals surface area contributed by atoms with E-state index < -0.39 is 0 Å². The number of fused-ring (bicyclic) bond motifs is 3. The molecule has 1 aliphatic carbocycles. The first-order valence-electron chi connectivity index (χ1n) is 11.0. The zero-order valence-electron chi connectivity index (χ0n) is 17.3. The zero-order valence-corrected chi connectivity index (χ0v) is 18.9. The standard InChI is InChI=1S/C24H30N2OS2/c1-2-3-4-5-11-16-28-24-25-23(27)22-21(19-14-9-10-15-20(19)29-22)26(24)17-18-12-7-6-8-13-18/h6-8,12-13H,2-5,9-11,14-17H2,1H3. The van der Waals surface area contributed by atoms with Crippen molar-refractivity contribution in [3.05, 3.63) is 56.7 Å². The third-order valence-corrected chi connectivity index (χ3v) is 8.03. The summed E-state index contributed by atoms with van der Waals surface area (Å²) in [6.45, 7) is 3.03. The minimum atomic E-state index is -0.0304. The van der Waals surface area contributed by atoms with Crippen LogP contribution < -0.4 is 5.56 Å². The molecule has 1 aliphatic rings. The molecule has 0 spiro atoms. The van der Waals surface area contributed by atoms with Crippen LogP contribution in [0.4, 0.5) is 0 Å². The molecular weight excluding hydrogens is 396 g/mol. The Labute approximate surface area is 181 Å². The molecule has 0 atom stereocenters. The minimum absolute atomic E-state index is 0.0304. The Hall–Kier alpha value is -1.59. The van der Waals surface area contributed by atoms with Gasteiger partial charge in [0.1, 0.15) is 4.70 Å². The molecule has 4 rings (SSSR count). The molecule has 154 valence electrons. The molecule has 0 fully saturated rings. The van der Waals surface area contributed by atoms with E-state index in [1.165, 1.54) is 66.5 Å². The number of rotatable bonds is 9. The second kappa shape index (κ2) is 9.94. The van der Waals surface area contributed by atoms with Gasteiger partial charge in [0.2, 0.25) is 0 Å². The van der Waals surface area contributed by atoms with Gasteiger partial charge in [0.15, 0.2) is 5.16 Å². The summed E-state index contributed by atoms with van der Waals surface area (Å²) in [5.74, 6) is 1.03. The van der Waals surface area contributed by atoms with E-state index in [0.29, 0.717) is 0 Å². The molecule has 3 nitrogen and oxygen atoms in total. The summed E-state index contributed by atoms with van der Waals surface area (Å²) in [6, 6.07) is 10.6. The number of unbranched alkanes of at least 4 members (excludes halogenated alkanes) is 4. The normalized spacial score (nSPS) is 13.7. The Kier molecular flexibility index (Phi) is 7.09. The molecule has 0 saturated carbocycles. The number of aryl methyl sites for hydroxylation is 2. The summed E-state index contributed by atoms with van der Waals surface area (Å²) >= 11 is 3.46. The first-order valence-corrected chi connectivity index (χ1v) is 12.8. The van der Waals surface area contributed by atoms with Gasteiger partial charge in [-0.15, -0.1) is 11.3 Å². The lowest BCUT2D eigenvalue weighted by Crippen LogP contribution is -2.17. The largest absolute Gasteiger partial charge is 0.315 e. The van der Waals surface area contributed by atoms with Crippen LogP contribution in [0.15, 0.2) is 40.3 Å². The lowest BCUT2D eigenvalue weighted by atomic mass is 9.98. The number of thioether (sulfide) groups is 1. The van der Waals surface area contributed by atoms with E-state index >= 15 is 0 Å². The van der Waals surface area contributed by atoms with E-state index in [0.717, 1.165) is 35.0 Å². The summed E-state index contributed by atoms with van der Waals surface area (Å²) < 4.78 is 3.20. The predicted molar refractivity (Wildman–Crippen MR) is 126 cm³/mol. The average Bonchev–Trinajstić information content (AvgIpc) is 3.14. The fourth-order valence-electron chi connectivity index (χ4n) is 4.17.